The van der Waals surface area contributed by atoms with Gasteiger partial charge in [-0.3, -0.25) is 4.90 Å². The molecule has 0 aliphatic carbocycles. The van der Waals surface area contributed by atoms with Crippen LogP contribution in [0.5, 0.6) is 0 Å². The standard InChI is InChI=1S/C25H34N6O2/c1-18(19-8-6-5-7-9-19)28-23-22-20(10-15-31(22)27-17-26-23)16-30-13-11-21(12-14-30)29-24(32)33-25(2,3)4/h5-10,15,17-18,21H,11-14,16H2,1-4H3,(H,29,32)(H,26,27,28)/t18-/m1/s1. The number of aromatic nitrogens is 3. The molecule has 0 bridgehead atoms. The highest BCUT2D eigenvalue weighted by atomic mass is 16.6. The Bertz CT molecular complexity index is 1070. The molecule has 176 valence electrons. The molecule has 0 radical (unpaired) electrons. The van der Waals surface area contributed by atoms with Crippen molar-refractivity contribution in [2.45, 2.75) is 64.8 Å². The number of piperidine rings is 1. The quantitative estimate of drug-likeness (QED) is 0.579. The second-order valence-corrected chi connectivity index (χ2v) is 9.72. The smallest absolute Gasteiger partial charge is 0.407 e. The normalized spacial score (nSPS) is 16.5. The van der Waals surface area contributed by atoms with Gasteiger partial charge in [0.15, 0.2) is 5.82 Å². The van der Waals surface area contributed by atoms with Gasteiger partial charge in [0.25, 0.3) is 0 Å². The van der Waals surface area contributed by atoms with Gasteiger partial charge in [0, 0.05) is 31.9 Å². The van der Waals surface area contributed by atoms with E-state index in [9.17, 15) is 4.79 Å². The molecule has 0 unspecified atom stereocenters. The summed E-state index contributed by atoms with van der Waals surface area (Å²) in [7, 11) is 0. The third kappa shape index (κ3) is 6.01. The molecule has 1 aliphatic heterocycles. The summed E-state index contributed by atoms with van der Waals surface area (Å²) in [5, 5.41) is 11.0. The molecule has 4 rings (SSSR count). The molecule has 0 saturated carbocycles. The summed E-state index contributed by atoms with van der Waals surface area (Å²) in [4.78, 5) is 19.0. The predicted molar refractivity (Wildman–Crippen MR) is 129 cm³/mol. The van der Waals surface area contributed by atoms with E-state index >= 15 is 0 Å². The molecule has 1 amide bonds. The lowest BCUT2D eigenvalue weighted by Crippen LogP contribution is -2.45. The van der Waals surface area contributed by atoms with Crippen molar-refractivity contribution in [2.75, 3.05) is 18.4 Å². The van der Waals surface area contributed by atoms with Gasteiger partial charge in [0.1, 0.15) is 17.4 Å². The predicted octanol–water partition coefficient (Wildman–Crippen LogP) is 4.39. The lowest BCUT2D eigenvalue weighted by molar-refractivity contribution is 0.0477. The molecular weight excluding hydrogens is 416 g/mol. The van der Waals surface area contributed by atoms with E-state index < -0.39 is 5.60 Å². The summed E-state index contributed by atoms with van der Waals surface area (Å²) < 4.78 is 7.28. The number of ether oxygens (including phenoxy) is 1. The van der Waals surface area contributed by atoms with Crippen molar-refractivity contribution >= 4 is 17.4 Å². The Balaban J connectivity index is 1.39. The zero-order valence-corrected chi connectivity index (χ0v) is 19.9. The average molecular weight is 451 g/mol. The minimum absolute atomic E-state index is 0.127. The molecule has 8 nitrogen and oxygen atoms in total. The lowest BCUT2D eigenvalue weighted by Gasteiger charge is -2.32. The van der Waals surface area contributed by atoms with E-state index in [0.29, 0.717) is 0 Å². The average Bonchev–Trinajstić information content (AvgIpc) is 3.18. The number of nitrogens with zero attached hydrogens (tertiary/aromatic N) is 4. The zero-order chi connectivity index (χ0) is 23.4. The van der Waals surface area contributed by atoms with Gasteiger partial charge in [-0.1, -0.05) is 30.3 Å². The largest absolute Gasteiger partial charge is 0.444 e. The molecule has 33 heavy (non-hydrogen) atoms. The Morgan fingerprint density at radius 1 is 1.18 bits per heavy atom. The van der Waals surface area contributed by atoms with Gasteiger partial charge < -0.3 is 15.4 Å². The minimum atomic E-state index is -0.479. The highest BCUT2D eigenvalue weighted by molar-refractivity contribution is 5.72. The van der Waals surface area contributed by atoms with Crippen molar-refractivity contribution < 1.29 is 9.53 Å². The fourth-order valence-electron chi connectivity index (χ4n) is 4.23. The van der Waals surface area contributed by atoms with Crippen LogP contribution in [0.25, 0.3) is 5.52 Å². The van der Waals surface area contributed by atoms with E-state index in [1.165, 1.54) is 11.1 Å². The number of anilines is 1. The number of carbonyl (C=O) groups excluding carboxylic acids is 1. The number of amides is 1. The third-order valence-electron chi connectivity index (χ3n) is 5.89. The van der Waals surface area contributed by atoms with Crippen LogP contribution < -0.4 is 10.6 Å². The Morgan fingerprint density at radius 2 is 1.91 bits per heavy atom. The van der Waals surface area contributed by atoms with Crippen LogP contribution in [-0.2, 0) is 11.3 Å². The Kier molecular flexibility index (Phi) is 6.83. The molecule has 0 spiro atoms. The van der Waals surface area contributed by atoms with Crippen LogP contribution in [0.2, 0.25) is 0 Å². The topological polar surface area (TPSA) is 83.8 Å². The summed E-state index contributed by atoms with van der Waals surface area (Å²) in [5.41, 5.74) is 2.93. The monoisotopic (exact) mass is 450 g/mol. The van der Waals surface area contributed by atoms with Crippen molar-refractivity contribution in [2.24, 2.45) is 0 Å². The van der Waals surface area contributed by atoms with Gasteiger partial charge in [-0.15, -0.1) is 0 Å². The molecule has 2 N–H and O–H groups in total. The highest BCUT2D eigenvalue weighted by Crippen LogP contribution is 2.26. The Morgan fingerprint density at radius 3 is 2.61 bits per heavy atom. The summed E-state index contributed by atoms with van der Waals surface area (Å²) >= 11 is 0. The van der Waals surface area contributed by atoms with Crippen molar-refractivity contribution in [3.05, 3.63) is 60.0 Å². The summed E-state index contributed by atoms with van der Waals surface area (Å²) in [6, 6.07) is 12.7. The number of carbonyl (C=O) groups is 1. The molecular formula is C25H34N6O2. The van der Waals surface area contributed by atoms with Gasteiger partial charge >= 0.3 is 6.09 Å². The molecule has 1 aromatic carbocycles. The Labute approximate surface area is 195 Å². The summed E-state index contributed by atoms with van der Waals surface area (Å²) in [5.74, 6) is 0.836. The van der Waals surface area contributed by atoms with Crippen LogP contribution in [-0.4, -0.2) is 50.3 Å². The number of fused-ring (bicyclic) bond motifs is 1. The van der Waals surface area contributed by atoms with Gasteiger partial charge in [0.05, 0.1) is 6.04 Å². The van der Waals surface area contributed by atoms with Crippen molar-refractivity contribution in [3.63, 3.8) is 0 Å². The summed E-state index contributed by atoms with van der Waals surface area (Å²) in [6.07, 6.45) is 5.04. The van der Waals surface area contributed by atoms with Crippen LogP contribution in [0.3, 0.4) is 0 Å². The fraction of sp³-hybridized carbons (Fsp3) is 0.480. The first-order valence-electron chi connectivity index (χ1n) is 11.6. The van der Waals surface area contributed by atoms with Crippen LogP contribution in [0, 0.1) is 0 Å². The molecule has 1 aliphatic rings. The van der Waals surface area contributed by atoms with Crippen molar-refractivity contribution in [1.82, 2.24) is 24.8 Å². The number of rotatable bonds is 6. The van der Waals surface area contributed by atoms with Crippen LogP contribution >= 0.6 is 0 Å². The molecule has 1 saturated heterocycles. The highest BCUT2D eigenvalue weighted by Gasteiger charge is 2.24. The maximum Gasteiger partial charge on any atom is 0.407 e. The SMILES string of the molecule is C[C@@H](Nc1ncnn2ccc(CN3CCC(NC(=O)OC(C)(C)C)CC3)c12)c1ccccc1. The number of alkyl carbamates (subject to hydrolysis) is 1. The number of benzene rings is 1. The molecule has 2 aromatic heterocycles. The lowest BCUT2D eigenvalue weighted by atomic mass is 10.0. The van der Waals surface area contributed by atoms with E-state index in [4.69, 9.17) is 4.74 Å². The molecule has 3 aromatic rings. The van der Waals surface area contributed by atoms with Crippen molar-refractivity contribution in [3.8, 4) is 0 Å². The fourth-order valence-corrected chi connectivity index (χ4v) is 4.23. The Hall–Kier alpha value is -3.13. The number of hydrogen-bond donors (Lipinski definition) is 2. The number of likely N-dealkylation sites (tertiary alicyclic amines) is 1. The maximum absolute atomic E-state index is 12.1. The minimum Gasteiger partial charge on any atom is -0.444 e. The molecule has 1 fully saturated rings. The van der Waals surface area contributed by atoms with Gasteiger partial charge in [-0.25, -0.2) is 14.3 Å². The second-order valence-electron chi connectivity index (χ2n) is 9.72. The van der Waals surface area contributed by atoms with E-state index in [-0.39, 0.29) is 18.2 Å². The molecule has 8 heteroatoms. The van der Waals surface area contributed by atoms with Gasteiger partial charge in [0.2, 0.25) is 0 Å². The van der Waals surface area contributed by atoms with Crippen LogP contribution in [0.15, 0.2) is 48.9 Å². The summed E-state index contributed by atoms with van der Waals surface area (Å²) in [6.45, 7) is 10.4. The van der Waals surface area contributed by atoms with E-state index in [2.05, 4.69) is 50.7 Å². The second kappa shape index (κ2) is 9.79. The van der Waals surface area contributed by atoms with Crippen LogP contribution in [0.4, 0.5) is 10.6 Å². The van der Waals surface area contributed by atoms with E-state index in [0.717, 1.165) is 43.8 Å². The van der Waals surface area contributed by atoms with E-state index in [1.807, 2.05) is 49.7 Å². The number of hydrogen-bond acceptors (Lipinski definition) is 6. The number of nitrogens with one attached hydrogen (secondary N) is 2. The van der Waals surface area contributed by atoms with Gasteiger partial charge in [-0.2, -0.15) is 5.10 Å². The molecule has 1 atom stereocenters. The first kappa shape index (κ1) is 23.0. The molecule has 3 heterocycles. The van der Waals surface area contributed by atoms with Crippen molar-refractivity contribution in [1.29, 1.82) is 0 Å². The van der Waals surface area contributed by atoms with E-state index in [1.54, 1.807) is 6.33 Å². The third-order valence-corrected chi connectivity index (χ3v) is 5.89. The van der Waals surface area contributed by atoms with Gasteiger partial charge in [-0.05, 0) is 57.7 Å². The zero-order valence-electron chi connectivity index (χ0n) is 19.9. The first-order valence-corrected chi connectivity index (χ1v) is 11.6. The van der Waals surface area contributed by atoms with Crippen LogP contribution in [0.1, 0.15) is 57.7 Å². The first-order chi connectivity index (χ1) is 15.8. The maximum atomic E-state index is 12.1.